The number of carbonyl (C=O) groups is 1. The Kier molecular flexibility index (Phi) is 5.15. The number of likely N-dealkylation sites (N-methyl/N-ethyl adjacent to an activating group) is 1. The number of nitrogens with zero attached hydrogens (tertiary/aromatic N) is 1. The highest BCUT2D eigenvalue weighted by Crippen LogP contribution is 2.21. The largest absolute Gasteiger partial charge is 0.481 e. The number of carboxylic acid groups (broad SMARTS) is 1. The molecule has 0 saturated carbocycles. The van der Waals surface area contributed by atoms with E-state index >= 15 is 0 Å². The summed E-state index contributed by atoms with van der Waals surface area (Å²) in [6.45, 7) is 0.761. The summed E-state index contributed by atoms with van der Waals surface area (Å²) in [6, 6.07) is 3.59. The second-order valence-electron chi connectivity index (χ2n) is 5.28. The minimum Gasteiger partial charge on any atom is -0.481 e. The first-order valence-corrected chi connectivity index (χ1v) is 8.32. The first-order chi connectivity index (χ1) is 10.3. The third-order valence-electron chi connectivity index (χ3n) is 3.36. The first-order valence-electron chi connectivity index (χ1n) is 6.88. The Hall–Kier alpha value is -1.51. The lowest BCUT2D eigenvalue weighted by molar-refractivity contribution is -0.137. The number of sulfonamides is 1. The molecule has 1 aliphatic rings. The van der Waals surface area contributed by atoms with Gasteiger partial charge in [-0.1, -0.05) is 0 Å². The van der Waals surface area contributed by atoms with E-state index in [-0.39, 0.29) is 24.0 Å². The number of hydrogen-bond donors (Lipinski definition) is 1. The number of aliphatic carboxylic acids is 1. The zero-order valence-corrected chi connectivity index (χ0v) is 13.0. The smallest absolute Gasteiger partial charge is 0.303 e. The number of halogens is 1. The van der Waals surface area contributed by atoms with Gasteiger partial charge in [0.25, 0.3) is 0 Å². The molecule has 122 valence electrons. The zero-order valence-electron chi connectivity index (χ0n) is 12.2. The van der Waals surface area contributed by atoms with E-state index in [1.54, 1.807) is 0 Å². The SMILES string of the molecule is CN(C[C@H]1CO1)S(=O)(=O)c1cc(F)cc(CCCC(=O)O)c1. The number of hydrogen-bond acceptors (Lipinski definition) is 4. The molecule has 2 rings (SSSR count). The average molecular weight is 331 g/mol. The number of benzene rings is 1. The van der Waals surface area contributed by atoms with Crippen LogP contribution >= 0.6 is 0 Å². The fourth-order valence-electron chi connectivity index (χ4n) is 2.10. The van der Waals surface area contributed by atoms with Crippen LogP contribution in [0.15, 0.2) is 23.1 Å². The van der Waals surface area contributed by atoms with Crippen LogP contribution in [0.1, 0.15) is 18.4 Å². The molecular weight excluding hydrogens is 313 g/mol. The van der Waals surface area contributed by atoms with Crippen LogP contribution in [0.4, 0.5) is 4.39 Å². The standard InChI is InChI=1S/C14H18FNO5S/c1-16(8-12-9-21-12)22(19,20)13-6-10(5-11(15)7-13)3-2-4-14(17)18/h5-7,12H,2-4,8-9H2,1H3,(H,17,18)/t12-/m0/s1. The second-order valence-corrected chi connectivity index (χ2v) is 7.33. The van der Waals surface area contributed by atoms with Crippen molar-refractivity contribution in [1.82, 2.24) is 4.31 Å². The predicted molar refractivity (Wildman–Crippen MR) is 76.5 cm³/mol. The van der Waals surface area contributed by atoms with Crippen molar-refractivity contribution in [2.75, 3.05) is 20.2 Å². The van der Waals surface area contributed by atoms with E-state index in [9.17, 15) is 17.6 Å². The highest BCUT2D eigenvalue weighted by Gasteiger charge is 2.30. The number of epoxide rings is 1. The molecule has 22 heavy (non-hydrogen) atoms. The molecule has 0 radical (unpaired) electrons. The molecule has 0 aliphatic carbocycles. The topological polar surface area (TPSA) is 87.2 Å². The van der Waals surface area contributed by atoms with Gasteiger partial charge in [-0.05, 0) is 36.6 Å². The molecule has 1 fully saturated rings. The van der Waals surface area contributed by atoms with E-state index in [0.717, 1.165) is 10.4 Å². The number of aryl methyl sites for hydroxylation is 1. The normalized spacial score (nSPS) is 17.7. The summed E-state index contributed by atoms with van der Waals surface area (Å²) in [5.74, 6) is -1.59. The van der Waals surface area contributed by atoms with Gasteiger partial charge in [0.2, 0.25) is 10.0 Å². The minimum absolute atomic E-state index is 0.0441. The van der Waals surface area contributed by atoms with Crippen molar-refractivity contribution in [2.45, 2.75) is 30.3 Å². The van der Waals surface area contributed by atoms with Crippen molar-refractivity contribution in [2.24, 2.45) is 0 Å². The van der Waals surface area contributed by atoms with Gasteiger partial charge in [-0.15, -0.1) is 0 Å². The summed E-state index contributed by atoms with van der Waals surface area (Å²) in [5.41, 5.74) is 0.468. The molecule has 1 aliphatic heterocycles. The van der Waals surface area contributed by atoms with Crippen LogP contribution in [-0.4, -0.2) is 50.1 Å². The second kappa shape index (κ2) is 6.72. The van der Waals surface area contributed by atoms with Crippen molar-refractivity contribution in [3.8, 4) is 0 Å². The average Bonchev–Trinajstić information content (AvgIpc) is 3.21. The monoisotopic (exact) mass is 331 g/mol. The Balaban J connectivity index is 2.15. The van der Waals surface area contributed by atoms with Gasteiger partial charge in [-0.25, -0.2) is 12.8 Å². The molecule has 1 aromatic carbocycles. The molecule has 1 aromatic rings. The van der Waals surface area contributed by atoms with Gasteiger partial charge in [-0.2, -0.15) is 4.31 Å². The Labute approximate surface area is 128 Å². The zero-order chi connectivity index (χ0) is 16.3. The molecule has 0 unspecified atom stereocenters. The molecule has 1 saturated heterocycles. The Morgan fingerprint density at radius 1 is 1.45 bits per heavy atom. The molecule has 1 heterocycles. The van der Waals surface area contributed by atoms with Crippen LogP contribution in [0.5, 0.6) is 0 Å². The molecule has 1 N–H and O–H groups in total. The van der Waals surface area contributed by atoms with E-state index in [2.05, 4.69) is 0 Å². The van der Waals surface area contributed by atoms with Crippen LogP contribution in [0.25, 0.3) is 0 Å². The van der Waals surface area contributed by atoms with Crippen molar-refractivity contribution in [3.63, 3.8) is 0 Å². The molecule has 0 amide bonds. The Morgan fingerprint density at radius 2 is 2.14 bits per heavy atom. The summed E-state index contributed by atoms with van der Waals surface area (Å²) in [4.78, 5) is 10.4. The molecule has 0 spiro atoms. The Morgan fingerprint density at radius 3 is 2.73 bits per heavy atom. The molecule has 8 heteroatoms. The quantitative estimate of drug-likeness (QED) is 0.725. The van der Waals surface area contributed by atoms with Gasteiger partial charge < -0.3 is 9.84 Å². The lowest BCUT2D eigenvalue weighted by atomic mass is 10.1. The summed E-state index contributed by atoms with van der Waals surface area (Å²) in [6.07, 6.45) is 0.493. The van der Waals surface area contributed by atoms with E-state index in [1.807, 2.05) is 0 Å². The molecule has 0 bridgehead atoms. The van der Waals surface area contributed by atoms with Crippen LogP contribution in [0, 0.1) is 5.82 Å². The summed E-state index contributed by atoms with van der Waals surface area (Å²) in [5, 5.41) is 8.60. The van der Waals surface area contributed by atoms with Crippen LogP contribution in [-0.2, 0) is 26.0 Å². The maximum absolute atomic E-state index is 13.7. The predicted octanol–water partition coefficient (Wildman–Crippen LogP) is 1.25. The summed E-state index contributed by atoms with van der Waals surface area (Å²) < 4.78 is 44.6. The van der Waals surface area contributed by atoms with E-state index in [1.165, 1.54) is 19.2 Å². The summed E-state index contributed by atoms with van der Waals surface area (Å²) in [7, 11) is -2.36. The fraction of sp³-hybridized carbons (Fsp3) is 0.500. The van der Waals surface area contributed by atoms with Gasteiger partial charge in [0, 0.05) is 20.0 Å². The van der Waals surface area contributed by atoms with Gasteiger partial charge in [0.15, 0.2) is 0 Å². The number of ether oxygens (including phenoxy) is 1. The first kappa shape index (κ1) is 16.9. The number of rotatable bonds is 8. The van der Waals surface area contributed by atoms with E-state index < -0.39 is 21.8 Å². The maximum atomic E-state index is 13.7. The van der Waals surface area contributed by atoms with Crippen molar-refractivity contribution in [1.29, 1.82) is 0 Å². The third kappa shape index (κ3) is 4.49. The fourth-order valence-corrected chi connectivity index (χ4v) is 3.38. The number of carboxylic acids is 1. The van der Waals surface area contributed by atoms with Crippen LogP contribution in [0.3, 0.4) is 0 Å². The highest BCUT2D eigenvalue weighted by molar-refractivity contribution is 7.89. The van der Waals surface area contributed by atoms with Crippen molar-refractivity contribution in [3.05, 3.63) is 29.6 Å². The lowest BCUT2D eigenvalue weighted by Crippen LogP contribution is -2.30. The maximum Gasteiger partial charge on any atom is 0.303 e. The van der Waals surface area contributed by atoms with Crippen molar-refractivity contribution < 1.29 is 27.4 Å². The molecular formula is C14H18FNO5S. The minimum atomic E-state index is -3.78. The van der Waals surface area contributed by atoms with Crippen LogP contribution < -0.4 is 0 Å². The van der Waals surface area contributed by atoms with Crippen LogP contribution in [0.2, 0.25) is 0 Å². The highest BCUT2D eigenvalue weighted by atomic mass is 32.2. The Bertz CT molecular complexity index is 657. The summed E-state index contributed by atoms with van der Waals surface area (Å²) >= 11 is 0. The lowest BCUT2D eigenvalue weighted by Gasteiger charge is -2.16. The molecule has 0 aromatic heterocycles. The van der Waals surface area contributed by atoms with Crippen molar-refractivity contribution >= 4 is 16.0 Å². The molecule has 1 atom stereocenters. The van der Waals surface area contributed by atoms with Gasteiger partial charge in [0.1, 0.15) is 5.82 Å². The van der Waals surface area contributed by atoms with Gasteiger partial charge in [0.05, 0.1) is 17.6 Å². The van der Waals surface area contributed by atoms with E-state index in [4.69, 9.17) is 9.84 Å². The van der Waals surface area contributed by atoms with Gasteiger partial charge in [-0.3, -0.25) is 4.79 Å². The molecule has 6 nitrogen and oxygen atoms in total. The van der Waals surface area contributed by atoms with E-state index in [0.29, 0.717) is 25.0 Å². The van der Waals surface area contributed by atoms with Gasteiger partial charge >= 0.3 is 5.97 Å². The third-order valence-corrected chi connectivity index (χ3v) is 5.16.